The number of rotatable bonds is 8. The third-order valence-electron chi connectivity index (χ3n) is 5.09. The average Bonchev–Trinajstić information content (AvgIpc) is 2.80. The van der Waals surface area contributed by atoms with E-state index in [1.807, 2.05) is 42.5 Å². The second-order valence-corrected chi connectivity index (χ2v) is 7.29. The molecule has 0 bridgehead atoms. The molecule has 2 aromatic heterocycles. The van der Waals surface area contributed by atoms with Crippen LogP contribution in [0.15, 0.2) is 72.4 Å². The highest BCUT2D eigenvalue weighted by Gasteiger charge is 2.08. The fraction of sp³-hybridized carbons (Fsp3) is 0.292. The highest BCUT2D eigenvalue weighted by molar-refractivity contribution is 5.64. The maximum Gasteiger partial charge on any atom is 0.225 e. The Balaban J connectivity index is 1.48. The molecule has 5 nitrogen and oxygen atoms in total. The van der Waals surface area contributed by atoms with E-state index in [0.29, 0.717) is 12.5 Å². The van der Waals surface area contributed by atoms with Gasteiger partial charge in [0.05, 0.1) is 17.9 Å². The molecule has 5 heteroatoms. The van der Waals surface area contributed by atoms with Crippen molar-refractivity contribution in [1.29, 1.82) is 0 Å². The molecule has 1 aromatic carbocycles. The van der Waals surface area contributed by atoms with Gasteiger partial charge in [-0.05, 0) is 44.2 Å². The summed E-state index contributed by atoms with van der Waals surface area (Å²) in [5.41, 5.74) is 4.51. The number of benzene rings is 1. The Kier molecular flexibility index (Phi) is 6.48. The van der Waals surface area contributed by atoms with Crippen molar-refractivity contribution >= 4 is 11.8 Å². The number of allylic oxidation sites excluding steroid dienone is 1. The van der Waals surface area contributed by atoms with Crippen molar-refractivity contribution in [2.24, 2.45) is 0 Å². The van der Waals surface area contributed by atoms with Crippen LogP contribution >= 0.6 is 0 Å². The van der Waals surface area contributed by atoms with E-state index in [0.717, 1.165) is 35.7 Å². The van der Waals surface area contributed by atoms with Crippen molar-refractivity contribution in [3.63, 3.8) is 0 Å². The molecule has 3 aromatic rings. The first-order chi connectivity index (χ1) is 14.4. The van der Waals surface area contributed by atoms with Crippen LogP contribution in [0, 0.1) is 0 Å². The molecule has 0 atom stereocenters. The molecule has 0 saturated heterocycles. The summed E-state index contributed by atoms with van der Waals surface area (Å²) in [5, 5.41) is 6.81. The van der Waals surface area contributed by atoms with Gasteiger partial charge in [-0.2, -0.15) is 4.98 Å². The lowest BCUT2D eigenvalue weighted by Gasteiger charge is -2.14. The van der Waals surface area contributed by atoms with Crippen molar-refractivity contribution in [2.75, 3.05) is 17.2 Å². The number of anilines is 2. The smallest absolute Gasteiger partial charge is 0.225 e. The molecule has 0 saturated carbocycles. The Morgan fingerprint density at radius 3 is 2.59 bits per heavy atom. The topological polar surface area (TPSA) is 62.7 Å². The zero-order valence-electron chi connectivity index (χ0n) is 16.6. The van der Waals surface area contributed by atoms with Gasteiger partial charge in [-0.25, -0.2) is 4.98 Å². The van der Waals surface area contributed by atoms with Crippen LogP contribution in [0.4, 0.5) is 11.8 Å². The van der Waals surface area contributed by atoms with Crippen LogP contribution in [0.2, 0.25) is 0 Å². The summed E-state index contributed by atoms with van der Waals surface area (Å²) in [7, 11) is 0. The molecule has 0 aliphatic heterocycles. The molecule has 29 heavy (non-hydrogen) atoms. The number of hydrogen-bond donors (Lipinski definition) is 2. The molecule has 0 spiro atoms. The van der Waals surface area contributed by atoms with Gasteiger partial charge in [0, 0.05) is 24.4 Å². The molecule has 1 aliphatic carbocycles. The molecule has 1 aliphatic rings. The zero-order chi connectivity index (χ0) is 19.7. The van der Waals surface area contributed by atoms with Crippen LogP contribution in [0.3, 0.4) is 0 Å². The molecule has 0 unspecified atom stereocenters. The van der Waals surface area contributed by atoms with E-state index in [-0.39, 0.29) is 0 Å². The Bertz CT molecular complexity index is 938. The SMILES string of the molecule is C1=C(CCNc2nc(NCc3ccccn3)cc(-c3ccccc3)n2)CCCC1. The van der Waals surface area contributed by atoms with E-state index in [4.69, 9.17) is 4.98 Å². The number of nitrogens with one attached hydrogen (secondary N) is 2. The minimum absolute atomic E-state index is 0.623. The van der Waals surface area contributed by atoms with Crippen molar-refractivity contribution in [3.05, 3.63) is 78.1 Å². The van der Waals surface area contributed by atoms with Gasteiger partial charge in [-0.15, -0.1) is 0 Å². The van der Waals surface area contributed by atoms with Gasteiger partial charge in [-0.1, -0.05) is 48.0 Å². The third kappa shape index (κ3) is 5.64. The average molecular weight is 386 g/mol. The summed E-state index contributed by atoms with van der Waals surface area (Å²) in [5.74, 6) is 1.45. The van der Waals surface area contributed by atoms with E-state index in [1.165, 1.54) is 25.7 Å². The van der Waals surface area contributed by atoms with Gasteiger partial charge in [0.1, 0.15) is 5.82 Å². The lowest BCUT2D eigenvalue weighted by atomic mass is 9.97. The maximum atomic E-state index is 4.74. The second kappa shape index (κ2) is 9.82. The fourth-order valence-electron chi connectivity index (χ4n) is 3.52. The van der Waals surface area contributed by atoms with E-state index >= 15 is 0 Å². The first-order valence-electron chi connectivity index (χ1n) is 10.4. The highest BCUT2D eigenvalue weighted by Crippen LogP contribution is 2.23. The van der Waals surface area contributed by atoms with Crippen molar-refractivity contribution in [1.82, 2.24) is 15.0 Å². The van der Waals surface area contributed by atoms with E-state index < -0.39 is 0 Å². The molecular weight excluding hydrogens is 358 g/mol. The first-order valence-corrected chi connectivity index (χ1v) is 10.4. The van der Waals surface area contributed by atoms with Crippen molar-refractivity contribution < 1.29 is 0 Å². The summed E-state index contributed by atoms with van der Waals surface area (Å²) in [6.45, 7) is 1.47. The lowest BCUT2D eigenvalue weighted by molar-refractivity contribution is 0.679. The monoisotopic (exact) mass is 385 g/mol. The summed E-state index contributed by atoms with van der Waals surface area (Å²) in [6, 6.07) is 18.1. The van der Waals surface area contributed by atoms with Crippen molar-refractivity contribution in [3.8, 4) is 11.3 Å². The molecule has 4 rings (SSSR count). The predicted molar refractivity (Wildman–Crippen MR) is 119 cm³/mol. The summed E-state index contributed by atoms with van der Waals surface area (Å²) in [4.78, 5) is 13.8. The summed E-state index contributed by atoms with van der Waals surface area (Å²) >= 11 is 0. The normalized spacial score (nSPS) is 13.6. The standard InChI is InChI=1S/C24H27N5/c1-3-9-19(10-4-1)14-16-26-24-28-22(20-11-5-2-6-12-20)17-23(29-24)27-18-21-13-7-8-15-25-21/h2,5-9,11-13,15,17H,1,3-4,10,14,16,18H2,(H2,26,27,28,29). The zero-order valence-corrected chi connectivity index (χ0v) is 16.6. The Morgan fingerprint density at radius 1 is 0.897 bits per heavy atom. The van der Waals surface area contributed by atoms with E-state index in [1.54, 1.807) is 11.8 Å². The maximum absolute atomic E-state index is 4.74. The van der Waals surface area contributed by atoms with Gasteiger partial charge in [0.15, 0.2) is 0 Å². The van der Waals surface area contributed by atoms with E-state index in [9.17, 15) is 0 Å². The molecule has 0 radical (unpaired) electrons. The Morgan fingerprint density at radius 2 is 1.79 bits per heavy atom. The van der Waals surface area contributed by atoms with Crippen LogP contribution in [-0.2, 0) is 6.54 Å². The quantitative estimate of drug-likeness (QED) is 0.505. The van der Waals surface area contributed by atoms with Crippen LogP contribution in [0.1, 0.15) is 37.8 Å². The van der Waals surface area contributed by atoms with Crippen LogP contribution in [0.5, 0.6) is 0 Å². The molecular formula is C24H27N5. The predicted octanol–water partition coefficient (Wildman–Crippen LogP) is 5.45. The number of aromatic nitrogens is 3. The van der Waals surface area contributed by atoms with Gasteiger partial charge >= 0.3 is 0 Å². The molecule has 0 amide bonds. The Labute approximate surface area is 172 Å². The largest absolute Gasteiger partial charge is 0.364 e. The highest BCUT2D eigenvalue weighted by atomic mass is 15.1. The molecule has 148 valence electrons. The van der Waals surface area contributed by atoms with E-state index in [2.05, 4.69) is 38.8 Å². The number of nitrogens with zero attached hydrogens (tertiary/aromatic N) is 3. The Hall–Kier alpha value is -3.21. The third-order valence-corrected chi connectivity index (χ3v) is 5.09. The fourth-order valence-corrected chi connectivity index (χ4v) is 3.52. The van der Waals surface area contributed by atoms with Gasteiger partial charge < -0.3 is 10.6 Å². The molecule has 2 heterocycles. The summed E-state index contributed by atoms with van der Waals surface area (Å²) < 4.78 is 0. The second-order valence-electron chi connectivity index (χ2n) is 7.29. The first kappa shape index (κ1) is 19.1. The van der Waals surface area contributed by atoms with Gasteiger partial charge in [0.2, 0.25) is 5.95 Å². The molecule has 0 fully saturated rings. The summed E-state index contributed by atoms with van der Waals surface area (Å²) in [6.07, 6.45) is 10.3. The van der Waals surface area contributed by atoms with Gasteiger partial charge in [0.25, 0.3) is 0 Å². The van der Waals surface area contributed by atoms with Gasteiger partial charge in [-0.3, -0.25) is 4.98 Å². The molecule has 2 N–H and O–H groups in total. The van der Waals surface area contributed by atoms with Crippen LogP contribution in [-0.4, -0.2) is 21.5 Å². The number of hydrogen-bond acceptors (Lipinski definition) is 5. The lowest BCUT2D eigenvalue weighted by Crippen LogP contribution is -2.10. The van der Waals surface area contributed by atoms with Crippen LogP contribution in [0.25, 0.3) is 11.3 Å². The minimum Gasteiger partial charge on any atom is -0.364 e. The minimum atomic E-state index is 0.623. The van der Waals surface area contributed by atoms with Crippen LogP contribution < -0.4 is 10.6 Å². The number of pyridine rings is 1. The van der Waals surface area contributed by atoms with Crippen molar-refractivity contribution in [2.45, 2.75) is 38.6 Å².